The van der Waals surface area contributed by atoms with Gasteiger partial charge in [0.1, 0.15) is 5.02 Å². The summed E-state index contributed by atoms with van der Waals surface area (Å²) in [5, 5.41) is 14.5. The van der Waals surface area contributed by atoms with E-state index in [9.17, 15) is 19.7 Å². The number of halogens is 1. The maximum absolute atomic E-state index is 12.1. The van der Waals surface area contributed by atoms with Gasteiger partial charge in [-0.05, 0) is 19.1 Å². The largest absolute Gasteiger partial charge is 0.378 e. The molecule has 2 amide bonds. The smallest absolute Gasteiger partial charge is 0.287 e. The minimum atomic E-state index is -0.635. The van der Waals surface area contributed by atoms with Crippen LogP contribution in [0.5, 0.6) is 0 Å². The van der Waals surface area contributed by atoms with E-state index in [1.165, 1.54) is 12.1 Å². The molecule has 1 aromatic carbocycles. The van der Waals surface area contributed by atoms with Crippen molar-refractivity contribution in [1.82, 2.24) is 10.3 Å². The predicted octanol–water partition coefficient (Wildman–Crippen LogP) is 1.60. The first-order chi connectivity index (χ1) is 11.9. The molecule has 0 bridgehead atoms. The highest BCUT2D eigenvalue weighted by Crippen LogP contribution is 2.24. The van der Waals surface area contributed by atoms with Crippen molar-refractivity contribution in [3.8, 4) is 0 Å². The fourth-order valence-corrected chi connectivity index (χ4v) is 2.44. The zero-order chi connectivity index (χ0) is 18.4. The second-order valence-corrected chi connectivity index (χ2v) is 5.79. The molecule has 0 saturated carbocycles. The summed E-state index contributed by atoms with van der Waals surface area (Å²) in [6, 6.07) is 3.62. The Labute approximate surface area is 148 Å². The van der Waals surface area contributed by atoms with Crippen molar-refractivity contribution < 1.29 is 19.2 Å². The Bertz CT molecular complexity index is 716. The number of benzene rings is 1. The fourth-order valence-electron chi connectivity index (χ4n) is 2.19. The summed E-state index contributed by atoms with van der Waals surface area (Å²) in [4.78, 5) is 35.8. The molecule has 0 aliphatic carbocycles. The number of nitro groups is 1. The van der Waals surface area contributed by atoms with E-state index in [2.05, 4.69) is 10.5 Å². The van der Waals surface area contributed by atoms with Crippen LogP contribution in [0.1, 0.15) is 23.7 Å². The third kappa shape index (κ3) is 5.23. The number of carbonyl (C=O) groups is 2. The van der Waals surface area contributed by atoms with Gasteiger partial charge in [-0.25, -0.2) is 5.43 Å². The van der Waals surface area contributed by atoms with Crippen LogP contribution in [0.3, 0.4) is 0 Å². The Morgan fingerprint density at radius 2 is 2.08 bits per heavy atom. The van der Waals surface area contributed by atoms with E-state index in [1.54, 1.807) is 11.8 Å². The first kappa shape index (κ1) is 18.8. The van der Waals surface area contributed by atoms with Gasteiger partial charge in [0.05, 0.1) is 24.6 Å². The first-order valence-electron chi connectivity index (χ1n) is 7.51. The number of carbonyl (C=O) groups excluding carboxylic acids is 2. The van der Waals surface area contributed by atoms with Crippen LogP contribution in [0.15, 0.2) is 23.3 Å². The summed E-state index contributed by atoms with van der Waals surface area (Å²) in [6.45, 7) is 3.74. The molecule has 1 saturated heterocycles. The molecule has 1 aliphatic heterocycles. The lowest BCUT2D eigenvalue weighted by atomic mass is 10.2. The Morgan fingerprint density at radius 3 is 2.68 bits per heavy atom. The van der Waals surface area contributed by atoms with E-state index in [-0.39, 0.29) is 28.6 Å². The Hall–Kier alpha value is -2.52. The van der Waals surface area contributed by atoms with Gasteiger partial charge in [0.2, 0.25) is 5.91 Å². The lowest BCUT2D eigenvalue weighted by molar-refractivity contribution is -0.384. The van der Waals surface area contributed by atoms with E-state index >= 15 is 0 Å². The third-order valence-electron chi connectivity index (χ3n) is 3.53. The molecular formula is C15H17ClN4O5. The second kappa shape index (κ2) is 8.54. The maximum atomic E-state index is 12.1. The maximum Gasteiger partial charge on any atom is 0.287 e. The minimum Gasteiger partial charge on any atom is -0.378 e. The normalized spacial score (nSPS) is 15.0. The van der Waals surface area contributed by atoms with Crippen LogP contribution < -0.4 is 5.43 Å². The number of amides is 2. The van der Waals surface area contributed by atoms with Crippen molar-refractivity contribution in [2.75, 3.05) is 26.3 Å². The highest BCUT2D eigenvalue weighted by atomic mass is 35.5. The number of nitro benzene ring substituents is 1. The van der Waals surface area contributed by atoms with Crippen LogP contribution in [-0.2, 0) is 9.53 Å². The third-order valence-corrected chi connectivity index (χ3v) is 3.83. The topological polar surface area (TPSA) is 114 Å². The molecule has 25 heavy (non-hydrogen) atoms. The Morgan fingerprint density at radius 1 is 1.40 bits per heavy atom. The van der Waals surface area contributed by atoms with Gasteiger partial charge < -0.3 is 9.64 Å². The number of nitrogens with zero attached hydrogens (tertiary/aromatic N) is 3. The van der Waals surface area contributed by atoms with Gasteiger partial charge in [0, 0.05) is 30.4 Å². The molecular weight excluding hydrogens is 352 g/mol. The lowest BCUT2D eigenvalue weighted by Gasteiger charge is -2.26. The van der Waals surface area contributed by atoms with Crippen LogP contribution >= 0.6 is 11.6 Å². The van der Waals surface area contributed by atoms with E-state index in [0.717, 1.165) is 6.07 Å². The number of morpholine rings is 1. The number of hydrogen-bond acceptors (Lipinski definition) is 6. The average Bonchev–Trinajstić information content (AvgIpc) is 2.60. The Kier molecular flexibility index (Phi) is 6.43. The summed E-state index contributed by atoms with van der Waals surface area (Å²) in [5.74, 6) is -0.660. The van der Waals surface area contributed by atoms with Crippen molar-refractivity contribution in [1.29, 1.82) is 0 Å². The van der Waals surface area contributed by atoms with Crippen LogP contribution in [0.25, 0.3) is 0 Å². The monoisotopic (exact) mass is 368 g/mol. The van der Waals surface area contributed by atoms with Gasteiger partial charge >= 0.3 is 0 Å². The zero-order valence-corrected chi connectivity index (χ0v) is 14.3. The number of hydrazone groups is 1. The van der Waals surface area contributed by atoms with E-state index in [0.29, 0.717) is 32.0 Å². The molecule has 1 aromatic rings. The first-order valence-corrected chi connectivity index (χ1v) is 7.89. The minimum absolute atomic E-state index is 0.0846. The molecule has 0 unspecified atom stereocenters. The molecule has 1 N–H and O–H groups in total. The van der Waals surface area contributed by atoms with Gasteiger partial charge in [0.15, 0.2) is 0 Å². The second-order valence-electron chi connectivity index (χ2n) is 5.38. The van der Waals surface area contributed by atoms with Crippen LogP contribution in [0.4, 0.5) is 5.69 Å². The van der Waals surface area contributed by atoms with Crippen molar-refractivity contribution in [2.45, 2.75) is 13.3 Å². The molecule has 2 rings (SSSR count). The molecule has 9 nitrogen and oxygen atoms in total. The molecule has 0 aromatic heterocycles. The van der Waals surface area contributed by atoms with Crippen molar-refractivity contribution in [3.05, 3.63) is 38.9 Å². The Balaban J connectivity index is 1.93. The summed E-state index contributed by atoms with van der Waals surface area (Å²) >= 11 is 5.77. The molecule has 0 radical (unpaired) electrons. The molecule has 1 heterocycles. The van der Waals surface area contributed by atoms with Crippen LogP contribution in [0.2, 0.25) is 5.02 Å². The van der Waals surface area contributed by atoms with Gasteiger partial charge in [-0.15, -0.1) is 0 Å². The van der Waals surface area contributed by atoms with E-state index in [1.807, 2.05) is 0 Å². The molecule has 0 spiro atoms. The number of ether oxygens (including phenoxy) is 1. The zero-order valence-electron chi connectivity index (χ0n) is 13.5. The van der Waals surface area contributed by atoms with Gasteiger partial charge in [-0.3, -0.25) is 19.7 Å². The fraction of sp³-hybridized carbons (Fsp3) is 0.400. The number of rotatable bonds is 5. The van der Waals surface area contributed by atoms with Crippen LogP contribution in [-0.4, -0.2) is 53.7 Å². The highest BCUT2D eigenvalue weighted by molar-refractivity contribution is 6.33. The summed E-state index contributed by atoms with van der Waals surface area (Å²) in [6.07, 6.45) is 0.0846. The standard InChI is InChI=1S/C15H17ClN4O5/c1-10(8-14(21)19-4-6-25-7-5-19)17-18-15(22)11-2-3-13(20(23)24)12(16)9-11/h2-3,9H,4-8H2,1H3,(H,18,22)/b17-10+. The number of nitrogens with one attached hydrogen (secondary N) is 1. The van der Waals surface area contributed by atoms with E-state index < -0.39 is 10.8 Å². The lowest BCUT2D eigenvalue weighted by Crippen LogP contribution is -2.41. The van der Waals surface area contributed by atoms with Crippen LogP contribution in [0, 0.1) is 10.1 Å². The van der Waals surface area contributed by atoms with Gasteiger partial charge in [-0.2, -0.15) is 5.10 Å². The number of hydrogen-bond donors (Lipinski definition) is 1. The van der Waals surface area contributed by atoms with Gasteiger partial charge in [0.25, 0.3) is 11.6 Å². The quantitative estimate of drug-likeness (QED) is 0.481. The van der Waals surface area contributed by atoms with E-state index in [4.69, 9.17) is 16.3 Å². The average molecular weight is 369 g/mol. The van der Waals surface area contributed by atoms with Crippen molar-refractivity contribution >= 4 is 34.8 Å². The SMILES string of the molecule is C/C(CC(=O)N1CCOCC1)=N\NC(=O)c1ccc([N+](=O)[O-])c(Cl)c1. The summed E-state index contributed by atoms with van der Waals surface area (Å²) in [7, 11) is 0. The molecule has 10 heteroatoms. The van der Waals surface area contributed by atoms with Crippen molar-refractivity contribution in [3.63, 3.8) is 0 Å². The molecule has 1 fully saturated rings. The summed E-state index contributed by atoms with van der Waals surface area (Å²) < 4.78 is 5.18. The molecule has 0 atom stereocenters. The highest BCUT2D eigenvalue weighted by Gasteiger charge is 2.18. The van der Waals surface area contributed by atoms with Crippen molar-refractivity contribution in [2.24, 2.45) is 5.10 Å². The predicted molar refractivity (Wildman–Crippen MR) is 90.7 cm³/mol. The van der Waals surface area contributed by atoms with Gasteiger partial charge in [-0.1, -0.05) is 11.6 Å². The molecule has 1 aliphatic rings. The summed E-state index contributed by atoms with van der Waals surface area (Å²) in [5.41, 5.74) is 2.60. The molecule has 134 valence electrons.